The molecule has 3 aromatic heterocycles. The first-order chi connectivity index (χ1) is 27.0. The van der Waals surface area contributed by atoms with E-state index in [0.29, 0.717) is 0 Å². The van der Waals surface area contributed by atoms with Crippen molar-refractivity contribution in [1.82, 2.24) is 14.5 Å². The van der Waals surface area contributed by atoms with E-state index in [4.69, 9.17) is 12.1 Å². The van der Waals surface area contributed by atoms with Gasteiger partial charge in [-0.15, -0.1) is 54.1 Å². The van der Waals surface area contributed by atoms with Crippen LogP contribution in [0.5, 0.6) is 0 Å². The Morgan fingerprint density at radius 1 is 0.745 bits per heavy atom. The summed E-state index contributed by atoms with van der Waals surface area (Å²) in [5, 5.41) is 3.27. The van der Waals surface area contributed by atoms with Crippen LogP contribution in [-0.2, 0) is 26.5 Å². The fraction of sp³-hybridized carbons (Fsp3) is 0.143. The number of imidazole rings is 1. The number of benzene rings is 6. The van der Waals surface area contributed by atoms with Crippen molar-refractivity contribution >= 4 is 46.2 Å². The van der Waals surface area contributed by atoms with E-state index in [1.165, 1.54) is 5.56 Å². The van der Waals surface area contributed by atoms with Gasteiger partial charge in [-0.05, 0) is 64.6 Å². The molecule has 0 saturated carbocycles. The maximum Gasteiger partial charge on any atom is 0.120 e. The van der Waals surface area contributed by atoms with Crippen LogP contribution in [-0.4, -0.2) is 22.6 Å². The number of hydrogen-bond donors (Lipinski definition) is 0. The molecule has 6 aromatic carbocycles. The Hall–Kier alpha value is -5.39. The van der Waals surface area contributed by atoms with Crippen molar-refractivity contribution in [3.05, 3.63) is 169 Å². The topological polar surface area (TPSA) is 43.9 Å². The monoisotopic (exact) mass is 912 g/mol. The van der Waals surface area contributed by atoms with Crippen LogP contribution >= 0.6 is 0 Å². The average molecular weight is 912 g/mol. The second-order valence-electron chi connectivity index (χ2n) is 14.8. The first-order valence-electron chi connectivity index (χ1n) is 19.4. The van der Waals surface area contributed by atoms with Gasteiger partial charge in [0, 0.05) is 40.1 Å². The maximum absolute atomic E-state index is 8.55. The number of rotatable bonds is 7. The van der Waals surface area contributed by atoms with Gasteiger partial charge in [0.2, 0.25) is 0 Å². The van der Waals surface area contributed by atoms with Gasteiger partial charge >= 0.3 is 0 Å². The van der Waals surface area contributed by atoms with Gasteiger partial charge < -0.3 is 14.0 Å². The fourth-order valence-electron chi connectivity index (χ4n) is 6.95. The fourth-order valence-corrected chi connectivity index (χ4v) is 8.35. The Morgan fingerprint density at radius 3 is 2.27 bits per heavy atom. The Bertz CT molecular complexity index is 2810. The molecule has 3 heterocycles. The van der Waals surface area contributed by atoms with Gasteiger partial charge in [0.15, 0.2) is 0 Å². The maximum atomic E-state index is 8.55. The second-order valence-corrected chi connectivity index (χ2v) is 19.8. The predicted octanol–water partition coefficient (Wildman–Crippen LogP) is 12.3. The molecule has 0 atom stereocenters. The van der Waals surface area contributed by atoms with E-state index in [2.05, 4.69) is 120 Å². The summed E-state index contributed by atoms with van der Waals surface area (Å²) in [6.45, 7) is 10.6. The van der Waals surface area contributed by atoms with E-state index in [-0.39, 0.29) is 26.0 Å². The minimum absolute atomic E-state index is 0. The molecule has 275 valence electrons. The summed E-state index contributed by atoms with van der Waals surface area (Å²) in [4.78, 5) is 9.64. The number of pyridine rings is 1. The third kappa shape index (κ3) is 7.90. The zero-order chi connectivity index (χ0) is 39.0. The minimum Gasteiger partial charge on any atom is -0.501 e. The SMILES string of the molecule is [2H]C([2H])(c1cc(-c2[c-]cccc2)ncc1[Si](C)(C)C)C(C)C.[Ir].[c-]1ccc2c(oc3ccccc32)c1-c1nc2ccccc2n1-c1cccc(-c2ccccc2)c1. The van der Waals surface area contributed by atoms with Crippen LogP contribution in [0, 0.1) is 18.1 Å². The molecule has 0 amide bonds. The Labute approximate surface area is 341 Å². The summed E-state index contributed by atoms with van der Waals surface area (Å²) < 4.78 is 25.6. The quantitative estimate of drug-likeness (QED) is 0.118. The summed E-state index contributed by atoms with van der Waals surface area (Å²) in [7, 11) is -1.67. The van der Waals surface area contributed by atoms with E-state index in [9.17, 15) is 0 Å². The van der Waals surface area contributed by atoms with Gasteiger partial charge in [-0.3, -0.25) is 4.98 Å². The number of fused-ring (bicyclic) bond motifs is 4. The van der Waals surface area contributed by atoms with Gasteiger partial charge in [0.25, 0.3) is 0 Å². The summed E-state index contributed by atoms with van der Waals surface area (Å²) in [5.74, 6) is 0.730. The largest absolute Gasteiger partial charge is 0.501 e. The molecule has 6 heteroatoms. The van der Waals surface area contributed by atoms with Crippen LogP contribution in [0.1, 0.15) is 22.2 Å². The molecule has 0 aliphatic rings. The number of para-hydroxylation sites is 3. The molecule has 55 heavy (non-hydrogen) atoms. The average Bonchev–Trinajstić information content (AvgIpc) is 3.80. The second kappa shape index (κ2) is 16.1. The number of aromatic nitrogens is 3. The third-order valence-electron chi connectivity index (χ3n) is 9.48. The molecule has 0 unspecified atom stereocenters. The Morgan fingerprint density at radius 2 is 1.49 bits per heavy atom. The number of hydrogen-bond acceptors (Lipinski definition) is 3. The summed E-state index contributed by atoms with van der Waals surface area (Å²) in [6.07, 6.45) is 0.528. The minimum atomic E-state index is -1.67. The molecule has 0 N–H and O–H groups in total. The molecule has 0 saturated heterocycles. The van der Waals surface area contributed by atoms with E-state index in [1.807, 2.05) is 86.8 Å². The normalized spacial score (nSPS) is 12.3. The van der Waals surface area contributed by atoms with Gasteiger partial charge in [0.05, 0.1) is 30.5 Å². The third-order valence-corrected chi connectivity index (χ3v) is 11.5. The number of furan rings is 1. The molecule has 1 radical (unpaired) electrons. The van der Waals surface area contributed by atoms with Crippen molar-refractivity contribution in [3.8, 4) is 39.5 Å². The van der Waals surface area contributed by atoms with Crippen molar-refractivity contribution < 1.29 is 27.3 Å². The molecular weight excluding hydrogens is 867 g/mol. The Kier molecular flexibility index (Phi) is 10.4. The standard InChI is InChI=1S/C31H19N2O.C18H24NSi.Ir/c1-2-10-21(11-3-1)22-12-8-13-23(20-22)33-28-18-6-5-17-27(28)32-31(33)26-16-9-15-25-24-14-4-7-19-29(24)34-30(25)26;1-14(2)11-16-12-17(15-9-7-6-8-10-15)19-13-18(16)20(3,4)5;/h1-15,17-20H;6-9,12-14H,11H2,1-5H3;/q2*-1;/i;11D2;. The molecule has 0 bridgehead atoms. The molecule has 9 rings (SSSR count). The zero-order valence-corrected chi connectivity index (χ0v) is 35.0. The number of nitrogens with zero attached hydrogens (tertiary/aromatic N) is 3. The van der Waals surface area contributed by atoms with Crippen LogP contribution in [0.2, 0.25) is 19.6 Å². The van der Waals surface area contributed by atoms with Crippen LogP contribution in [0.3, 0.4) is 0 Å². The molecule has 0 aliphatic heterocycles. The first-order valence-corrected chi connectivity index (χ1v) is 21.9. The van der Waals surface area contributed by atoms with Gasteiger partial charge in [-0.25, -0.2) is 0 Å². The zero-order valence-electron chi connectivity index (χ0n) is 33.6. The molecule has 9 aromatic rings. The van der Waals surface area contributed by atoms with Gasteiger partial charge in [0.1, 0.15) is 5.58 Å². The van der Waals surface area contributed by atoms with Crippen LogP contribution in [0.25, 0.3) is 72.4 Å². The summed E-state index contributed by atoms with van der Waals surface area (Å²) in [6, 6.07) is 55.7. The summed E-state index contributed by atoms with van der Waals surface area (Å²) in [5.41, 5.74) is 10.4. The predicted molar refractivity (Wildman–Crippen MR) is 228 cm³/mol. The van der Waals surface area contributed by atoms with E-state index in [1.54, 1.807) is 0 Å². The van der Waals surface area contributed by atoms with Crippen molar-refractivity contribution in [3.63, 3.8) is 0 Å². The van der Waals surface area contributed by atoms with Crippen molar-refractivity contribution in [1.29, 1.82) is 0 Å². The molecule has 4 nitrogen and oxygen atoms in total. The molecule has 0 aliphatic carbocycles. The van der Waals surface area contributed by atoms with Gasteiger partial charge in [-0.2, -0.15) is 0 Å². The van der Waals surface area contributed by atoms with Gasteiger partial charge in [-0.1, -0.05) is 129 Å². The van der Waals surface area contributed by atoms with E-state index < -0.39 is 14.4 Å². The Balaban J connectivity index is 0.000000189. The first kappa shape index (κ1) is 35.3. The molecule has 0 spiro atoms. The van der Waals surface area contributed by atoms with Crippen molar-refractivity contribution in [2.45, 2.75) is 39.9 Å². The smallest absolute Gasteiger partial charge is 0.120 e. The van der Waals surface area contributed by atoms with E-state index >= 15 is 0 Å². The van der Waals surface area contributed by atoms with Crippen LogP contribution in [0.4, 0.5) is 0 Å². The van der Waals surface area contributed by atoms with Crippen molar-refractivity contribution in [2.75, 3.05) is 0 Å². The van der Waals surface area contributed by atoms with E-state index in [0.717, 1.165) is 77.6 Å². The summed E-state index contributed by atoms with van der Waals surface area (Å²) >= 11 is 0. The van der Waals surface area contributed by atoms with Crippen LogP contribution in [0.15, 0.2) is 156 Å². The van der Waals surface area contributed by atoms with Crippen LogP contribution < -0.4 is 5.19 Å². The molecule has 0 fully saturated rings. The van der Waals surface area contributed by atoms with Crippen molar-refractivity contribution in [2.24, 2.45) is 5.92 Å². The molecular formula is C49H43IrN3OSi-2.